The first-order valence-electron chi connectivity index (χ1n) is 11.1. The Morgan fingerprint density at radius 2 is 1.71 bits per heavy atom. The van der Waals surface area contributed by atoms with E-state index in [2.05, 4.69) is 4.99 Å². The molecule has 6 nitrogen and oxygen atoms in total. The molecule has 1 amide bonds. The van der Waals surface area contributed by atoms with Gasteiger partial charge in [0, 0.05) is 45.4 Å². The standard InChI is InChI=1S/C26H30N2O4.C2H6/c1-27-15-7-6-8-16-32-22-13-10-21(11-14-22)25(26(29)28(2)3)18-20-9-12-23(30-4)19-24(17-20)31-5;1-2/h6-11,13-19H,12H2,1-5H3;1-2H3/b7-6-,16-8+,25-18+,27-15?;. The molecule has 1 aromatic rings. The van der Waals surface area contributed by atoms with Crippen molar-refractivity contribution in [1.29, 1.82) is 0 Å². The van der Waals surface area contributed by atoms with Crippen LogP contribution < -0.4 is 4.74 Å². The number of likely N-dealkylation sites (N-methyl/N-ethyl adjacent to an activating group) is 1. The molecule has 0 bridgehead atoms. The third-order valence-corrected chi connectivity index (χ3v) is 4.50. The summed E-state index contributed by atoms with van der Waals surface area (Å²) in [5, 5.41) is 0. The van der Waals surface area contributed by atoms with Crippen molar-refractivity contribution < 1.29 is 19.0 Å². The molecule has 1 aliphatic rings. The maximum Gasteiger partial charge on any atom is 0.253 e. The Hall–Kier alpha value is -3.80. The molecule has 0 aromatic heterocycles. The van der Waals surface area contributed by atoms with Crippen LogP contribution in [0.3, 0.4) is 0 Å². The molecule has 182 valence electrons. The molecule has 0 fully saturated rings. The largest absolute Gasteiger partial charge is 0.501 e. The van der Waals surface area contributed by atoms with Crippen molar-refractivity contribution >= 4 is 17.7 Å². The van der Waals surface area contributed by atoms with Crippen LogP contribution in [0.2, 0.25) is 0 Å². The average molecular weight is 465 g/mol. The van der Waals surface area contributed by atoms with E-state index in [4.69, 9.17) is 14.2 Å². The Labute approximate surface area is 203 Å². The van der Waals surface area contributed by atoms with E-state index in [-0.39, 0.29) is 5.91 Å². The van der Waals surface area contributed by atoms with Gasteiger partial charge in [0.15, 0.2) is 0 Å². The van der Waals surface area contributed by atoms with Gasteiger partial charge in [-0.1, -0.05) is 38.1 Å². The van der Waals surface area contributed by atoms with E-state index in [0.29, 0.717) is 23.5 Å². The highest BCUT2D eigenvalue weighted by Gasteiger charge is 2.16. The Kier molecular flexibility index (Phi) is 13.2. The van der Waals surface area contributed by atoms with Crippen molar-refractivity contribution in [2.24, 2.45) is 4.99 Å². The molecule has 0 heterocycles. The van der Waals surface area contributed by atoms with Gasteiger partial charge >= 0.3 is 0 Å². The smallest absolute Gasteiger partial charge is 0.253 e. The van der Waals surface area contributed by atoms with Crippen LogP contribution in [-0.4, -0.2) is 52.4 Å². The molecule has 1 aliphatic carbocycles. The summed E-state index contributed by atoms with van der Waals surface area (Å²) < 4.78 is 16.4. The molecule has 1 aromatic carbocycles. The number of aliphatic imine (C=N–C) groups is 1. The number of rotatable bonds is 9. The van der Waals surface area contributed by atoms with Crippen LogP contribution in [-0.2, 0) is 14.3 Å². The van der Waals surface area contributed by atoms with Crippen molar-refractivity contribution in [3.63, 3.8) is 0 Å². The number of carbonyl (C=O) groups is 1. The quantitative estimate of drug-likeness (QED) is 0.203. The van der Waals surface area contributed by atoms with Crippen LogP contribution in [0.1, 0.15) is 25.8 Å². The lowest BCUT2D eigenvalue weighted by Gasteiger charge is -2.15. The summed E-state index contributed by atoms with van der Waals surface area (Å²) in [4.78, 5) is 18.4. The van der Waals surface area contributed by atoms with Crippen LogP contribution in [0.4, 0.5) is 0 Å². The first-order chi connectivity index (χ1) is 16.5. The summed E-state index contributed by atoms with van der Waals surface area (Å²) in [5.41, 5.74) is 2.22. The highest BCUT2D eigenvalue weighted by atomic mass is 16.5. The molecule has 2 rings (SSSR count). The Bertz CT molecular complexity index is 992. The third kappa shape index (κ3) is 9.36. The number of benzene rings is 1. The first kappa shape index (κ1) is 28.2. The van der Waals surface area contributed by atoms with E-state index in [1.54, 1.807) is 58.8 Å². The fourth-order valence-corrected chi connectivity index (χ4v) is 2.81. The number of methoxy groups -OCH3 is 2. The molecule has 0 saturated carbocycles. The van der Waals surface area contributed by atoms with E-state index in [0.717, 1.165) is 16.9 Å². The van der Waals surface area contributed by atoms with Gasteiger partial charge in [-0.15, -0.1) is 0 Å². The maximum absolute atomic E-state index is 12.9. The monoisotopic (exact) mass is 464 g/mol. The summed E-state index contributed by atoms with van der Waals surface area (Å²) >= 11 is 0. The van der Waals surface area contributed by atoms with Crippen molar-refractivity contribution in [2.45, 2.75) is 20.3 Å². The molecule has 0 atom stereocenters. The van der Waals surface area contributed by atoms with Crippen molar-refractivity contribution in [2.75, 3.05) is 35.4 Å². The van der Waals surface area contributed by atoms with Crippen molar-refractivity contribution in [3.8, 4) is 5.75 Å². The zero-order valence-corrected chi connectivity index (χ0v) is 21.2. The van der Waals surface area contributed by atoms with E-state index in [9.17, 15) is 4.79 Å². The lowest BCUT2D eigenvalue weighted by molar-refractivity contribution is -0.122. The zero-order chi connectivity index (χ0) is 25.3. The van der Waals surface area contributed by atoms with Gasteiger partial charge in [0.2, 0.25) is 0 Å². The number of ether oxygens (including phenoxy) is 3. The van der Waals surface area contributed by atoms with E-state index in [1.807, 2.05) is 74.6 Å². The third-order valence-electron chi connectivity index (χ3n) is 4.50. The van der Waals surface area contributed by atoms with Crippen LogP contribution in [0.15, 0.2) is 95.1 Å². The number of allylic oxidation sites excluding steroid dienone is 8. The summed E-state index contributed by atoms with van der Waals surface area (Å²) in [6.45, 7) is 4.00. The minimum absolute atomic E-state index is 0.0984. The van der Waals surface area contributed by atoms with E-state index >= 15 is 0 Å². The summed E-state index contributed by atoms with van der Waals surface area (Å²) in [7, 11) is 8.41. The van der Waals surface area contributed by atoms with Crippen LogP contribution in [0, 0.1) is 0 Å². The Balaban J connectivity index is 0.00000281. The normalized spacial score (nSPS) is 14.1. The van der Waals surface area contributed by atoms with Crippen LogP contribution in [0.5, 0.6) is 5.75 Å². The Morgan fingerprint density at radius 1 is 1.00 bits per heavy atom. The van der Waals surface area contributed by atoms with Gasteiger partial charge in [-0.05, 0) is 47.6 Å². The summed E-state index contributed by atoms with van der Waals surface area (Å²) in [6, 6.07) is 7.40. The van der Waals surface area contributed by atoms with Crippen molar-refractivity contribution in [1.82, 2.24) is 4.90 Å². The van der Waals surface area contributed by atoms with Crippen LogP contribution >= 0.6 is 0 Å². The molecule has 6 heteroatoms. The second-order valence-corrected chi connectivity index (χ2v) is 6.99. The molecule has 0 saturated heterocycles. The SMILES string of the molecule is CC.CN=C/C=C\C=C\Oc1ccc(/C(=C\C2=CCC(OC)=CC(OC)=C2)C(=O)N(C)C)cc1. The predicted molar refractivity (Wildman–Crippen MR) is 141 cm³/mol. The fraction of sp³-hybridized carbons (Fsp3) is 0.286. The average Bonchev–Trinajstić information content (AvgIpc) is 3.07. The molecule has 0 unspecified atom stereocenters. The predicted octanol–water partition coefficient (Wildman–Crippen LogP) is 5.72. The molecule has 0 aliphatic heterocycles. The molecule has 0 radical (unpaired) electrons. The second-order valence-electron chi connectivity index (χ2n) is 6.99. The number of nitrogens with zero attached hydrogens (tertiary/aromatic N) is 2. The number of hydrogen-bond donors (Lipinski definition) is 0. The lowest BCUT2D eigenvalue weighted by Crippen LogP contribution is -2.23. The molecule has 0 N–H and O–H groups in total. The van der Waals surface area contributed by atoms with Crippen molar-refractivity contribution in [3.05, 3.63) is 95.7 Å². The number of carbonyl (C=O) groups excluding carboxylic acids is 1. The molecule has 34 heavy (non-hydrogen) atoms. The molecule has 0 spiro atoms. The maximum atomic E-state index is 12.9. The first-order valence-corrected chi connectivity index (χ1v) is 11.1. The van der Waals surface area contributed by atoms with Gasteiger partial charge < -0.3 is 19.1 Å². The Morgan fingerprint density at radius 3 is 2.29 bits per heavy atom. The zero-order valence-electron chi connectivity index (χ0n) is 21.2. The van der Waals surface area contributed by atoms with Gasteiger partial charge in [-0.2, -0.15) is 0 Å². The highest BCUT2D eigenvalue weighted by Crippen LogP contribution is 2.25. The highest BCUT2D eigenvalue weighted by molar-refractivity contribution is 6.19. The van der Waals surface area contributed by atoms with Gasteiger partial charge in [0.1, 0.15) is 17.3 Å². The second kappa shape index (κ2) is 15.9. The summed E-state index contributed by atoms with van der Waals surface area (Å²) in [6.07, 6.45) is 16.9. The van der Waals surface area contributed by atoms with Gasteiger partial charge in [0.05, 0.1) is 20.5 Å². The van der Waals surface area contributed by atoms with Gasteiger partial charge in [-0.25, -0.2) is 0 Å². The van der Waals surface area contributed by atoms with E-state index in [1.165, 1.54) is 0 Å². The van der Waals surface area contributed by atoms with Crippen LogP contribution in [0.25, 0.3) is 5.57 Å². The lowest BCUT2D eigenvalue weighted by atomic mass is 10.0. The fourth-order valence-electron chi connectivity index (χ4n) is 2.81. The van der Waals surface area contributed by atoms with Gasteiger partial charge in [-0.3, -0.25) is 9.79 Å². The molecular formula is C28H36N2O4. The minimum Gasteiger partial charge on any atom is -0.501 e. The minimum atomic E-state index is -0.0984. The molecular weight excluding hydrogens is 428 g/mol. The number of amides is 1. The topological polar surface area (TPSA) is 60.4 Å². The summed E-state index contributed by atoms with van der Waals surface area (Å²) in [5.74, 6) is 2.02. The number of hydrogen-bond acceptors (Lipinski definition) is 5. The van der Waals surface area contributed by atoms with E-state index < -0.39 is 0 Å². The van der Waals surface area contributed by atoms with Gasteiger partial charge in [0.25, 0.3) is 5.91 Å².